The van der Waals surface area contributed by atoms with Gasteiger partial charge in [0.05, 0.1) is 23.9 Å². The van der Waals surface area contributed by atoms with Crippen LogP contribution in [0, 0.1) is 5.82 Å². The average molecular weight is 502 g/mol. The van der Waals surface area contributed by atoms with Crippen LogP contribution in [0.2, 0.25) is 0 Å². The van der Waals surface area contributed by atoms with E-state index in [1.54, 1.807) is 36.1 Å². The number of rotatable bonds is 8. The van der Waals surface area contributed by atoms with Gasteiger partial charge in [0.25, 0.3) is 5.91 Å². The van der Waals surface area contributed by atoms with Crippen LogP contribution in [0.5, 0.6) is 0 Å². The van der Waals surface area contributed by atoms with Crippen LogP contribution < -0.4 is 10.6 Å². The number of anilines is 1. The number of ether oxygens (including phenoxy) is 1. The molecule has 2 N–H and O–H groups in total. The molecule has 0 aromatic heterocycles. The second-order valence-corrected chi connectivity index (χ2v) is 8.47. The minimum Gasteiger partial charge on any atom is -0.463 e. The summed E-state index contributed by atoms with van der Waals surface area (Å²) in [5.74, 6) is -1.54. The summed E-state index contributed by atoms with van der Waals surface area (Å²) in [4.78, 5) is 40.9. The van der Waals surface area contributed by atoms with Gasteiger partial charge in [-0.05, 0) is 54.8 Å². The Morgan fingerprint density at radius 2 is 1.76 bits per heavy atom. The normalized spacial score (nSPS) is 15.3. The van der Waals surface area contributed by atoms with Crippen LogP contribution in [0.25, 0.3) is 5.70 Å². The van der Waals surface area contributed by atoms with Crippen LogP contribution in [0.3, 0.4) is 0 Å². The van der Waals surface area contributed by atoms with Crippen molar-refractivity contribution in [2.24, 2.45) is 0 Å². The Hall–Kier alpha value is -4.46. The molecule has 1 unspecified atom stereocenters. The number of urea groups is 1. The van der Waals surface area contributed by atoms with E-state index < -0.39 is 23.7 Å². The highest BCUT2D eigenvalue weighted by Crippen LogP contribution is 2.37. The van der Waals surface area contributed by atoms with E-state index in [1.807, 2.05) is 37.3 Å². The molecular weight excluding hydrogens is 473 g/mol. The first-order chi connectivity index (χ1) is 17.9. The summed E-state index contributed by atoms with van der Waals surface area (Å²) in [5, 5.41) is 5.70. The summed E-state index contributed by atoms with van der Waals surface area (Å²) >= 11 is 0. The van der Waals surface area contributed by atoms with E-state index in [0.717, 1.165) is 11.6 Å². The Balaban J connectivity index is 1.79. The Morgan fingerprint density at radius 1 is 1.00 bits per heavy atom. The molecule has 0 bridgehead atoms. The predicted octanol–water partition coefficient (Wildman–Crippen LogP) is 5.53. The molecule has 3 amide bonds. The van der Waals surface area contributed by atoms with Crippen molar-refractivity contribution in [2.75, 3.05) is 18.5 Å². The Morgan fingerprint density at radius 3 is 2.46 bits per heavy atom. The Kier molecular flexibility index (Phi) is 7.98. The molecule has 1 aliphatic rings. The zero-order chi connectivity index (χ0) is 26.4. The van der Waals surface area contributed by atoms with Gasteiger partial charge in [-0.25, -0.2) is 14.0 Å². The van der Waals surface area contributed by atoms with Crippen LogP contribution in [-0.2, 0) is 9.53 Å². The van der Waals surface area contributed by atoms with Gasteiger partial charge in [0, 0.05) is 17.8 Å². The zero-order valence-electron chi connectivity index (χ0n) is 20.7. The van der Waals surface area contributed by atoms with E-state index in [1.165, 1.54) is 18.2 Å². The second kappa shape index (κ2) is 11.5. The van der Waals surface area contributed by atoms with Gasteiger partial charge in [0.1, 0.15) is 5.82 Å². The highest BCUT2D eigenvalue weighted by Gasteiger charge is 2.38. The van der Waals surface area contributed by atoms with Crippen LogP contribution in [0.1, 0.15) is 47.8 Å². The summed E-state index contributed by atoms with van der Waals surface area (Å²) < 4.78 is 19.0. The first-order valence-electron chi connectivity index (χ1n) is 12.1. The van der Waals surface area contributed by atoms with E-state index in [2.05, 4.69) is 10.6 Å². The Bertz CT molecular complexity index is 1340. The molecule has 8 heteroatoms. The van der Waals surface area contributed by atoms with Gasteiger partial charge in [0.2, 0.25) is 0 Å². The third-order valence-electron chi connectivity index (χ3n) is 5.88. The molecule has 3 aromatic rings. The molecule has 4 rings (SSSR count). The number of hydrogen-bond acceptors (Lipinski definition) is 4. The summed E-state index contributed by atoms with van der Waals surface area (Å²) in [7, 11) is 0. The third kappa shape index (κ3) is 5.69. The average Bonchev–Trinajstić information content (AvgIpc) is 2.90. The van der Waals surface area contributed by atoms with Crippen molar-refractivity contribution in [2.45, 2.75) is 26.3 Å². The molecule has 0 aliphatic carbocycles. The molecule has 37 heavy (non-hydrogen) atoms. The Labute approximate surface area is 214 Å². The number of hydrogen-bond donors (Lipinski definition) is 2. The lowest BCUT2D eigenvalue weighted by atomic mass is 9.91. The number of carbonyl (C=O) groups is 3. The van der Waals surface area contributed by atoms with Crippen molar-refractivity contribution in [3.05, 3.63) is 107 Å². The first-order valence-corrected chi connectivity index (χ1v) is 12.1. The predicted molar refractivity (Wildman–Crippen MR) is 139 cm³/mol. The quantitative estimate of drug-likeness (QED) is 0.398. The second-order valence-electron chi connectivity index (χ2n) is 8.47. The van der Waals surface area contributed by atoms with Gasteiger partial charge in [-0.1, -0.05) is 55.5 Å². The number of nitrogens with zero attached hydrogens (tertiary/aromatic N) is 1. The lowest BCUT2D eigenvalue weighted by molar-refractivity contribution is -0.138. The summed E-state index contributed by atoms with van der Waals surface area (Å²) in [5.41, 5.74) is 2.69. The number of esters is 1. The summed E-state index contributed by atoms with van der Waals surface area (Å²) in [6, 6.07) is 20.3. The maximum absolute atomic E-state index is 13.6. The van der Waals surface area contributed by atoms with E-state index >= 15 is 0 Å². The van der Waals surface area contributed by atoms with Crippen LogP contribution in [0.4, 0.5) is 14.9 Å². The summed E-state index contributed by atoms with van der Waals surface area (Å²) in [6.07, 6.45) is 0.687. The topological polar surface area (TPSA) is 87.7 Å². The van der Waals surface area contributed by atoms with Gasteiger partial charge in [-0.2, -0.15) is 0 Å². The third-order valence-corrected chi connectivity index (χ3v) is 5.88. The molecule has 1 aliphatic heterocycles. The molecule has 7 nitrogen and oxygen atoms in total. The largest absolute Gasteiger partial charge is 0.463 e. The molecule has 3 aromatic carbocycles. The van der Waals surface area contributed by atoms with Gasteiger partial charge in [-0.15, -0.1) is 0 Å². The van der Waals surface area contributed by atoms with Gasteiger partial charge >= 0.3 is 12.0 Å². The number of halogens is 1. The van der Waals surface area contributed by atoms with Crippen molar-refractivity contribution in [3.8, 4) is 0 Å². The SMILES string of the molecule is CCCN1C(=O)NC(c2cccc(NC(=O)c3cccc(F)c3)c2)C(C(=O)OCC)=C1c1ccccc1. The van der Waals surface area contributed by atoms with Crippen LogP contribution >= 0.6 is 0 Å². The smallest absolute Gasteiger partial charge is 0.338 e. The fourth-order valence-electron chi connectivity index (χ4n) is 4.30. The molecule has 0 spiro atoms. The molecular formula is C29H28FN3O4. The fourth-order valence-corrected chi connectivity index (χ4v) is 4.30. The highest BCUT2D eigenvalue weighted by molar-refractivity contribution is 6.05. The standard InChI is InChI=1S/C29H28FN3O4/c1-3-16-33-26(19-10-6-5-7-11-19)24(28(35)37-4-2)25(32-29(33)36)20-12-9-15-23(18-20)31-27(34)21-13-8-14-22(30)17-21/h5-15,17-18,25H,3-4,16H2,1-2H3,(H,31,34)(H,32,36). The lowest BCUT2D eigenvalue weighted by Gasteiger charge is -2.37. The van der Waals surface area contributed by atoms with Crippen molar-refractivity contribution < 1.29 is 23.5 Å². The van der Waals surface area contributed by atoms with Gasteiger partial charge in [-0.3, -0.25) is 9.69 Å². The monoisotopic (exact) mass is 501 g/mol. The summed E-state index contributed by atoms with van der Waals surface area (Å²) in [6.45, 7) is 4.26. The van der Waals surface area contributed by atoms with Crippen molar-refractivity contribution in [1.82, 2.24) is 10.2 Å². The van der Waals surface area contributed by atoms with Crippen molar-refractivity contribution >= 4 is 29.3 Å². The van der Waals surface area contributed by atoms with E-state index in [-0.39, 0.29) is 18.2 Å². The van der Waals surface area contributed by atoms with Gasteiger partial charge in [0.15, 0.2) is 0 Å². The number of amides is 3. The zero-order valence-corrected chi connectivity index (χ0v) is 20.7. The molecule has 190 valence electrons. The number of benzene rings is 3. The molecule has 1 heterocycles. The maximum Gasteiger partial charge on any atom is 0.338 e. The number of carbonyl (C=O) groups excluding carboxylic acids is 3. The van der Waals surface area contributed by atoms with E-state index in [4.69, 9.17) is 4.74 Å². The molecule has 0 radical (unpaired) electrons. The molecule has 0 fully saturated rings. The molecule has 0 saturated heterocycles. The first kappa shape index (κ1) is 25.6. The van der Waals surface area contributed by atoms with E-state index in [0.29, 0.717) is 35.5 Å². The minimum atomic E-state index is -0.819. The van der Waals surface area contributed by atoms with Crippen molar-refractivity contribution in [1.29, 1.82) is 0 Å². The molecule has 0 saturated carbocycles. The van der Waals surface area contributed by atoms with Gasteiger partial charge < -0.3 is 15.4 Å². The fraction of sp³-hybridized carbons (Fsp3) is 0.207. The molecule has 1 atom stereocenters. The van der Waals surface area contributed by atoms with Crippen molar-refractivity contribution in [3.63, 3.8) is 0 Å². The number of nitrogens with one attached hydrogen (secondary N) is 2. The van der Waals surface area contributed by atoms with Crippen LogP contribution in [-0.4, -0.2) is 36.0 Å². The van der Waals surface area contributed by atoms with E-state index in [9.17, 15) is 18.8 Å². The lowest BCUT2D eigenvalue weighted by Crippen LogP contribution is -2.48. The highest BCUT2D eigenvalue weighted by atomic mass is 19.1. The maximum atomic E-state index is 13.6. The van der Waals surface area contributed by atoms with Crippen LogP contribution in [0.15, 0.2) is 84.4 Å². The minimum absolute atomic E-state index is 0.169.